The predicted octanol–water partition coefficient (Wildman–Crippen LogP) is 3.24. The molecule has 0 bridgehead atoms. The van der Waals surface area contributed by atoms with Crippen LogP contribution in [0.3, 0.4) is 0 Å². The van der Waals surface area contributed by atoms with E-state index in [0.29, 0.717) is 17.9 Å². The average molecular weight is 362 g/mol. The van der Waals surface area contributed by atoms with E-state index in [2.05, 4.69) is 23.5 Å². The van der Waals surface area contributed by atoms with Gasteiger partial charge in [-0.15, -0.1) is 0 Å². The molecule has 0 aliphatic heterocycles. The highest BCUT2D eigenvalue weighted by Crippen LogP contribution is 2.16. The lowest BCUT2D eigenvalue weighted by atomic mass is 10.1. The van der Waals surface area contributed by atoms with Crippen LogP contribution in [-0.2, 0) is 11.3 Å². The molecule has 0 saturated heterocycles. The summed E-state index contributed by atoms with van der Waals surface area (Å²) < 4.78 is 5.11. The number of nitrogens with one attached hydrogen (secondary N) is 1. The molecule has 27 heavy (non-hydrogen) atoms. The van der Waals surface area contributed by atoms with Gasteiger partial charge in [-0.1, -0.05) is 42.5 Å². The van der Waals surface area contributed by atoms with Crippen LogP contribution in [0.2, 0.25) is 0 Å². The summed E-state index contributed by atoms with van der Waals surface area (Å²) in [5, 5.41) is 4.97. The zero-order chi connectivity index (χ0) is 19.2. The summed E-state index contributed by atoms with van der Waals surface area (Å²) in [6, 6.07) is 21.1. The highest BCUT2D eigenvalue weighted by atomic mass is 16.5. The first-order valence-electron chi connectivity index (χ1n) is 8.71. The van der Waals surface area contributed by atoms with Gasteiger partial charge in [-0.2, -0.15) is 0 Å². The Kier molecular flexibility index (Phi) is 5.71. The van der Waals surface area contributed by atoms with E-state index in [0.717, 1.165) is 10.9 Å². The highest BCUT2D eigenvalue weighted by Gasteiger charge is 2.13. The predicted molar refractivity (Wildman–Crippen MR) is 106 cm³/mol. The molecule has 0 fully saturated rings. The Bertz CT molecular complexity index is 968. The minimum Gasteiger partial charge on any atom is -0.497 e. The first kappa shape index (κ1) is 18.5. The number of carbonyl (C=O) groups is 2. The molecule has 0 unspecified atom stereocenters. The lowest BCUT2D eigenvalue weighted by molar-refractivity contribution is -0.129. The number of hydrogen-bond acceptors (Lipinski definition) is 3. The molecule has 3 rings (SSSR count). The summed E-state index contributed by atoms with van der Waals surface area (Å²) in [5.41, 5.74) is 1.50. The molecule has 3 aromatic carbocycles. The number of rotatable bonds is 6. The zero-order valence-electron chi connectivity index (χ0n) is 15.4. The maximum atomic E-state index is 12.4. The fraction of sp³-hybridized carbons (Fsp3) is 0.182. The second kappa shape index (κ2) is 8.36. The number of benzene rings is 3. The van der Waals surface area contributed by atoms with E-state index in [1.165, 1.54) is 5.39 Å². The second-order valence-electron chi connectivity index (χ2n) is 6.35. The van der Waals surface area contributed by atoms with Gasteiger partial charge in [-0.3, -0.25) is 9.59 Å². The summed E-state index contributed by atoms with van der Waals surface area (Å²) in [5.74, 6) is 0.142. The molecule has 0 aromatic heterocycles. The van der Waals surface area contributed by atoms with Crippen molar-refractivity contribution in [3.63, 3.8) is 0 Å². The van der Waals surface area contributed by atoms with Crippen LogP contribution in [0.4, 0.5) is 0 Å². The van der Waals surface area contributed by atoms with Gasteiger partial charge in [-0.05, 0) is 40.6 Å². The molecule has 0 atom stereocenters. The number of fused-ring (bicyclic) bond motifs is 1. The van der Waals surface area contributed by atoms with Gasteiger partial charge in [0.25, 0.3) is 5.91 Å². The van der Waals surface area contributed by atoms with E-state index in [9.17, 15) is 9.59 Å². The number of amides is 2. The third-order valence-electron chi connectivity index (χ3n) is 4.39. The molecule has 138 valence electrons. The first-order valence-corrected chi connectivity index (χ1v) is 8.71. The maximum Gasteiger partial charge on any atom is 0.251 e. The molecule has 0 aliphatic carbocycles. The first-order chi connectivity index (χ1) is 13.1. The number of ether oxygens (including phenoxy) is 1. The summed E-state index contributed by atoms with van der Waals surface area (Å²) in [7, 11) is 3.28. The normalized spacial score (nSPS) is 10.4. The molecule has 5 nitrogen and oxygen atoms in total. The summed E-state index contributed by atoms with van der Waals surface area (Å²) in [4.78, 5) is 26.2. The Morgan fingerprint density at radius 3 is 2.52 bits per heavy atom. The molecule has 0 heterocycles. The van der Waals surface area contributed by atoms with Crippen LogP contribution in [0, 0.1) is 0 Å². The standard InChI is InChI=1S/C22H22N2O3/c1-24(15-16-10-11-17-6-3-4-7-18(17)12-16)21(25)14-23-22(26)19-8-5-9-20(13-19)27-2/h3-13H,14-15H2,1-2H3,(H,23,26). The third-order valence-corrected chi connectivity index (χ3v) is 4.39. The van der Waals surface area contributed by atoms with Crippen LogP contribution >= 0.6 is 0 Å². The lowest BCUT2D eigenvalue weighted by Crippen LogP contribution is -2.37. The molecule has 2 amide bonds. The van der Waals surface area contributed by atoms with E-state index in [-0.39, 0.29) is 18.4 Å². The van der Waals surface area contributed by atoms with E-state index in [4.69, 9.17) is 4.74 Å². The van der Waals surface area contributed by atoms with Crippen molar-refractivity contribution < 1.29 is 14.3 Å². The van der Waals surface area contributed by atoms with Crippen LogP contribution < -0.4 is 10.1 Å². The second-order valence-corrected chi connectivity index (χ2v) is 6.35. The lowest BCUT2D eigenvalue weighted by Gasteiger charge is -2.18. The van der Waals surface area contributed by atoms with Crippen molar-refractivity contribution in [2.24, 2.45) is 0 Å². The minimum atomic E-state index is -0.304. The quantitative estimate of drug-likeness (QED) is 0.732. The van der Waals surface area contributed by atoms with Crippen molar-refractivity contribution >= 4 is 22.6 Å². The Hall–Kier alpha value is -3.34. The largest absolute Gasteiger partial charge is 0.497 e. The van der Waals surface area contributed by atoms with Crippen molar-refractivity contribution in [2.45, 2.75) is 6.54 Å². The average Bonchev–Trinajstić information content (AvgIpc) is 2.71. The highest BCUT2D eigenvalue weighted by molar-refractivity contribution is 5.96. The van der Waals surface area contributed by atoms with Crippen LogP contribution in [0.15, 0.2) is 66.7 Å². The minimum absolute atomic E-state index is 0.0554. The van der Waals surface area contributed by atoms with Gasteiger partial charge in [0.2, 0.25) is 5.91 Å². The number of likely N-dealkylation sites (N-methyl/N-ethyl adjacent to an activating group) is 1. The van der Waals surface area contributed by atoms with Gasteiger partial charge in [0.15, 0.2) is 0 Å². The van der Waals surface area contributed by atoms with E-state index < -0.39 is 0 Å². The van der Waals surface area contributed by atoms with Gasteiger partial charge >= 0.3 is 0 Å². The summed E-state index contributed by atoms with van der Waals surface area (Å²) in [6.07, 6.45) is 0. The smallest absolute Gasteiger partial charge is 0.251 e. The number of methoxy groups -OCH3 is 1. The van der Waals surface area contributed by atoms with Crippen molar-refractivity contribution in [3.8, 4) is 5.75 Å². The molecule has 0 aliphatic rings. The van der Waals surface area contributed by atoms with Crippen molar-refractivity contribution in [1.29, 1.82) is 0 Å². The fourth-order valence-corrected chi connectivity index (χ4v) is 2.86. The molecule has 1 N–H and O–H groups in total. The molecule has 0 saturated carbocycles. The van der Waals surface area contributed by atoms with Gasteiger partial charge in [0, 0.05) is 19.2 Å². The molecular formula is C22H22N2O3. The number of hydrogen-bond donors (Lipinski definition) is 1. The number of carbonyl (C=O) groups excluding carboxylic acids is 2. The summed E-state index contributed by atoms with van der Waals surface area (Å²) in [6.45, 7) is 0.429. The Morgan fingerprint density at radius 1 is 0.963 bits per heavy atom. The molecule has 5 heteroatoms. The molecule has 0 spiro atoms. The molecule has 3 aromatic rings. The zero-order valence-corrected chi connectivity index (χ0v) is 15.4. The van der Waals surface area contributed by atoms with Gasteiger partial charge in [0.1, 0.15) is 5.75 Å². The van der Waals surface area contributed by atoms with Crippen LogP contribution in [0.5, 0.6) is 5.75 Å². The van der Waals surface area contributed by atoms with Gasteiger partial charge in [-0.25, -0.2) is 0 Å². The number of nitrogens with zero attached hydrogens (tertiary/aromatic N) is 1. The van der Waals surface area contributed by atoms with Crippen LogP contribution in [0.25, 0.3) is 10.8 Å². The maximum absolute atomic E-state index is 12.4. The van der Waals surface area contributed by atoms with Gasteiger partial charge in [0.05, 0.1) is 13.7 Å². The molecular weight excluding hydrogens is 340 g/mol. The third kappa shape index (κ3) is 4.64. The Labute approximate surface area is 158 Å². The van der Waals surface area contributed by atoms with E-state index >= 15 is 0 Å². The van der Waals surface area contributed by atoms with E-state index in [1.807, 2.05) is 24.3 Å². The molecule has 0 radical (unpaired) electrons. The topological polar surface area (TPSA) is 58.6 Å². The monoisotopic (exact) mass is 362 g/mol. The SMILES string of the molecule is COc1cccc(C(=O)NCC(=O)N(C)Cc2ccc3ccccc3c2)c1. The van der Waals surface area contributed by atoms with Crippen molar-refractivity contribution in [1.82, 2.24) is 10.2 Å². The van der Waals surface area contributed by atoms with Crippen LogP contribution in [0.1, 0.15) is 15.9 Å². The van der Waals surface area contributed by atoms with Crippen LogP contribution in [-0.4, -0.2) is 37.4 Å². The fourth-order valence-electron chi connectivity index (χ4n) is 2.86. The van der Waals surface area contributed by atoms with E-state index in [1.54, 1.807) is 43.3 Å². The Balaban J connectivity index is 1.57. The summed E-state index contributed by atoms with van der Waals surface area (Å²) >= 11 is 0. The Morgan fingerprint density at radius 2 is 1.74 bits per heavy atom. The van der Waals surface area contributed by atoms with Gasteiger partial charge < -0.3 is 15.0 Å². The van der Waals surface area contributed by atoms with Crippen molar-refractivity contribution in [3.05, 3.63) is 77.9 Å². The van der Waals surface area contributed by atoms with Crippen molar-refractivity contribution in [2.75, 3.05) is 20.7 Å².